The zero-order valence-corrected chi connectivity index (χ0v) is 13.4. The second-order valence-corrected chi connectivity index (χ2v) is 6.60. The Labute approximate surface area is 134 Å². The molecule has 2 aromatic carbocycles. The van der Waals surface area contributed by atoms with Gasteiger partial charge >= 0.3 is 0 Å². The number of benzene rings is 2. The summed E-state index contributed by atoms with van der Waals surface area (Å²) in [6.45, 7) is 2.01. The van der Waals surface area contributed by atoms with Crippen molar-refractivity contribution in [1.82, 2.24) is 10.3 Å². The molecule has 0 saturated carbocycles. The minimum absolute atomic E-state index is 0.0801. The summed E-state index contributed by atoms with van der Waals surface area (Å²) >= 11 is 5.84. The minimum atomic E-state index is -3.92. The fourth-order valence-electron chi connectivity index (χ4n) is 1.80. The van der Waals surface area contributed by atoms with Gasteiger partial charge in [-0.25, -0.2) is 8.42 Å². The molecule has 0 fully saturated rings. The van der Waals surface area contributed by atoms with Crippen molar-refractivity contribution in [1.29, 1.82) is 0 Å². The maximum Gasteiger partial charge on any atom is 0.266 e. The average molecular weight is 339 g/mol. The van der Waals surface area contributed by atoms with Crippen LogP contribution in [0.5, 0.6) is 0 Å². The van der Waals surface area contributed by atoms with E-state index in [1.54, 1.807) is 24.3 Å². The molecule has 0 aliphatic carbocycles. The monoisotopic (exact) mass is 338 g/mol. The largest absolute Gasteiger partial charge is 0.273 e. The first-order valence-corrected chi connectivity index (χ1v) is 8.46. The second kappa shape index (κ2) is 6.91. The van der Waals surface area contributed by atoms with Crippen LogP contribution in [-0.2, 0) is 16.4 Å². The summed E-state index contributed by atoms with van der Waals surface area (Å²) in [5, 5.41) is 0.0801. The van der Waals surface area contributed by atoms with Gasteiger partial charge in [-0.05, 0) is 36.2 Å². The van der Waals surface area contributed by atoms with Gasteiger partial charge in [-0.1, -0.05) is 42.8 Å². The van der Waals surface area contributed by atoms with Crippen LogP contribution in [0, 0.1) is 0 Å². The quantitative estimate of drug-likeness (QED) is 0.822. The number of carbonyl (C=O) groups is 1. The highest BCUT2D eigenvalue weighted by molar-refractivity contribution is 7.89. The fourth-order valence-corrected chi connectivity index (χ4v) is 3.16. The molecule has 2 rings (SSSR count). The summed E-state index contributed by atoms with van der Waals surface area (Å²) in [6, 6.07) is 12.9. The minimum Gasteiger partial charge on any atom is -0.273 e. The topological polar surface area (TPSA) is 75.3 Å². The molecule has 0 aliphatic rings. The van der Waals surface area contributed by atoms with Gasteiger partial charge in [0.25, 0.3) is 15.9 Å². The molecule has 116 valence electrons. The van der Waals surface area contributed by atoms with Crippen molar-refractivity contribution in [2.24, 2.45) is 0 Å². The Morgan fingerprint density at radius 3 is 2.32 bits per heavy atom. The van der Waals surface area contributed by atoms with Crippen LogP contribution in [0.15, 0.2) is 53.4 Å². The van der Waals surface area contributed by atoms with Crippen molar-refractivity contribution in [3.05, 3.63) is 64.7 Å². The van der Waals surface area contributed by atoms with Crippen LogP contribution < -0.4 is 10.3 Å². The molecule has 0 spiro atoms. The summed E-state index contributed by atoms with van der Waals surface area (Å²) in [7, 11) is -3.92. The number of hydrogen-bond donors (Lipinski definition) is 2. The first kappa shape index (κ1) is 16.5. The van der Waals surface area contributed by atoms with E-state index in [0.29, 0.717) is 5.56 Å². The fraction of sp³-hybridized carbons (Fsp3) is 0.133. The maximum atomic E-state index is 12.1. The highest BCUT2D eigenvalue weighted by atomic mass is 35.5. The van der Waals surface area contributed by atoms with E-state index in [-0.39, 0.29) is 9.92 Å². The molecule has 1 amide bonds. The Kier molecular flexibility index (Phi) is 5.18. The average Bonchev–Trinajstić information content (AvgIpc) is 2.53. The number of hydrogen-bond acceptors (Lipinski definition) is 3. The molecule has 5 nitrogen and oxygen atoms in total. The standard InChI is InChI=1S/C15H15ClN2O3S/c1-2-11-7-9-12(10-8-11)15(19)17-18-22(20,21)14-6-4-3-5-13(14)16/h3-10,18H,2H2,1H3,(H,17,19). The van der Waals surface area contributed by atoms with Crippen LogP contribution in [-0.4, -0.2) is 14.3 Å². The Hall–Kier alpha value is -1.89. The third kappa shape index (κ3) is 3.85. The predicted octanol–water partition coefficient (Wildman–Crippen LogP) is 2.53. The van der Waals surface area contributed by atoms with Crippen LogP contribution >= 0.6 is 11.6 Å². The third-order valence-corrected chi connectivity index (χ3v) is 4.80. The molecular weight excluding hydrogens is 324 g/mol. The molecule has 0 radical (unpaired) electrons. The Morgan fingerprint density at radius 2 is 1.73 bits per heavy atom. The van der Waals surface area contributed by atoms with Gasteiger partial charge in [-0.2, -0.15) is 0 Å². The molecule has 0 bridgehead atoms. The van der Waals surface area contributed by atoms with E-state index in [1.165, 1.54) is 12.1 Å². The lowest BCUT2D eigenvalue weighted by Crippen LogP contribution is -2.41. The van der Waals surface area contributed by atoms with E-state index >= 15 is 0 Å². The Balaban J connectivity index is 2.08. The van der Waals surface area contributed by atoms with Crippen molar-refractivity contribution >= 4 is 27.5 Å². The van der Waals surface area contributed by atoms with Crippen molar-refractivity contribution in [2.75, 3.05) is 0 Å². The van der Waals surface area contributed by atoms with Crippen molar-refractivity contribution < 1.29 is 13.2 Å². The molecule has 0 aliphatic heterocycles. The molecule has 0 aromatic heterocycles. The van der Waals surface area contributed by atoms with E-state index < -0.39 is 15.9 Å². The number of carbonyl (C=O) groups excluding carboxylic acids is 1. The first-order chi connectivity index (χ1) is 10.4. The van der Waals surface area contributed by atoms with E-state index in [4.69, 9.17) is 11.6 Å². The molecular formula is C15H15ClN2O3S. The molecule has 2 N–H and O–H groups in total. The number of nitrogens with one attached hydrogen (secondary N) is 2. The van der Waals surface area contributed by atoms with Gasteiger partial charge in [-0.15, -0.1) is 4.83 Å². The molecule has 2 aromatic rings. The zero-order valence-electron chi connectivity index (χ0n) is 11.8. The number of rotatable bonds is 5. The lowest BCUT2D eigenvalue weighted by Gasteiger charge is -2.09. The van der Waals surface area contributed by atoms with Gasteiger partial charge in [0.15, 0.2) is 0 Å². The predicted molar refractivity (Wildman–Crippen MR) is 85.1 cm³/mol. The summed E-state index contributed by atoms with van der Waals surface area (Å²) < 4.78 is 24.2. The van der Waals surface area contributed by atoms with Gasteiger partial charge in [0.1, 0.15) is 4.90 Å². The Morgan fingerprint density at radius 1 is 1.09 bits per heavy atom. The van der Waals surface area contributed by atoms with E-state index in [2.05, 4.69) is 5.43 Å². The van der Waals surface area contributed by atoms with Crippen LogP contribution in [0.3, 0.4) is 0 Å². The smallest absolute Gasteiger partial charge is 0.266 e. The lowest BCUT2D eigenvalue weighted by molar-refractivity contribution is 0.0945. The summed E-state index contributed by atoms with van der Waals surface area (Å²) in [6.07, 6.45) is 0.862. The highest BCUT2D eigenvalue weighted by Crippen LogP contribution is 2.19. The second-order valence-electron chi connectivity index (χ2n) is 4.54. The van der Waals surface area contributed by atoms with Gasteiger partial charge in [0.05, 0.1) is 5.02 Å². The highest BCUT2D eigenvalue weighted by Gasteiger charge is 2.18. The van der Waals surface area contributed by atoms with Gasteiger partial charge < -0.3 is 0 Å². The number of sulfonamides is 1. The number of aryl methyl sites for hydroxylation is 1. The van der Waals surface area contributed by atoms with Crippen LogP contribution in [0.2, 0.25) is 5.02 Å². The normalized spacial score (nSPS) is 11.2. The molecule has 0 unspecified atom stereocenters. The van der Waals surface area contributed by atoms with Crippen molar-refractivity contribution in [3.63, 3.8) is 0 Å². The number of hydrazine groups is 1. The Bertz CT molecular complexity index is 774. The molecule has 22 heavy (non-hydrogen) atoms. The van der Waals surface area contributed by atoms with Crippen molar-refractivity contribution in [3.8, 4) is 0 Å². The summed E-state index contributed by atoms with van der Waals surface area (Å²) in [5.41, 5.74) is 3.62. The molecule has 7 heteroatoms. The number of halogens is 1. The molecule has 0 atom stereocenters. The molecule has 0 saturated heterocycles. The lowest BCUT2D eigenvalue weighted by atomic mass is 10.1. The summed E-state index contributed by atoms with van der Waals surface area (Å²) in [5.74, 6) is -0.543. The van der Waals surface area contributed by atoms with Crippen LogP contribution in [0.25, 0.3) is 0 Å². The maximum absolute atomic E-state index is 12.1. The van der Waals surface area contributed by atoms with E-state index in [1.807, 2.05) is 23.9 Å². The zero-order chi connectivity index (χ0) is 16.2. The first-order valence-electron chi connectivity index (χ1n) is 6.59. The SMILES string of the molecule is CCc1ccc(C(=O)NNS(=O)(=O)c2ccccc2Cl)cc1. The molecule has 0 heterocycles. The van der Waals surface area contributed by atoms with Crippen LogP contribution in [0.1, 0.15) is 22.8 Å². The summed E-state index contributed by atoms with van der Waals surface area (Å²) in [4.78, 5) is 13.9. The third-order valence-electron chi connectivity index (χ3n) is 3.05. The van der Waals surface area contributed by atoms with Crippen molar-refractivity contribution in [2.45, 2.75) is 18.2 Å². The number of amides is 1. The van der Waals surface area contributed by atoms with Crippen LogP contribution in [0.4, 0.5) is 0 Å². The van der Waals surface area contributed by atoms with Gasteiger partial charge in [-0.3, -0.25) is 10.2 Å². The van der Waals surface area contributed by atoms with E-state index in [9.17, 15) is 13.2 Å². The van der Waals surface area contributed by atoms with Gasteiger partial charge in [0, 0.05) is 5.56 Å². The van der Waals surface area contributed by atoms with E-state index in [0.717, 1.165) is 12.0 Å². The van der Waals surface area contributed by atoms with Gasteiger partial charge in [0.2, 0.25) is 0 Å².